The molecule has 2 rings (SSSR count). The number of nitrogens with zero attached hydrogens (tertiary/aromatic N) is 2. The van der Waals surface area contributed by atoms with E-state index in [1.165, 1.54) is 6.07 Å². The number of Topliss-reactive ketones (excluding diaryl/α,β-unsaturated/α-hetero) is 1. The van der Waals surface area contributed by atoms with E-state index in [1.54, 1.807) is 0 Å². The van der Waals surface area contributed by atoms with Gasteiger partial charge in [-0.05, 0) is 38.3 Å². The van der Waals surface area contributed by atoms with Crippen molar-refractivity contribution in [1.29, 1.82) is 0 Å². The van der Waals surface area contributed by atoms with Crippen molar-refractivity contribution in [1.82, 2.24) is 15.3 Å². The zero-order valence-corrected chi connectivity index (χ0v) is 21.8. The molecule has 1 aromatic carbocycles. The normalized spacial score (nSPS) is 11.3. The molecule has 11 heteroatoms. The first-order chi connectivity index (χ1) is 17.1. The molecule has 0 saturated carbocycles. The highest BCUT2D eigenvalue weighted by Crippen LogP contribution is 2.16. The van der Waals surface area contributed by atoms with E-state index in [-0.39, 0.29) is 48.2 Å². The minimum Gasteiger partial charge on any atom is -0.473 e. The SMILES string of the molecule is CC(C)(C)OCC(=O)CCCOCCOCC(=O)NCc1ccc(COc2cc(Cl)nc(N)n2)cc1. The number of benzene rings is 1. The van der Waals surface area contributed by atoms with Crippen LogP contribution in [0.15, 0.2) is 30.3 Å². The molecule has 0 saturated heterocycles. The van der Waals surface area contributed by atoms with Gasteiger partial charge in [0, 0.05) is 25.6 Å². The average molecular weight is 523 g/mol. The first-order valence-electron chi connectivity index (χ1n) is 11.7. The van der Waals surface area contributed by atoms with Crippen LogP contribution in [-0.2, 0) is 37.0 Å². The molecule has 0 spiro atoms. The van der Waals surface area contributed by atoms with Crippen molar-refractivity contribution in [3.63, 3.8) is 0 Å². The van der Waals surface area contributed by atoms with E-state index >= 15 is 0 Å². The minimum atomic E-state index is -0.318. The number of hydrogen-bond donors (Lipinski definition) is 2. The Labute approximate surface area is 216 Å². The van der Waals surface area contributed by atoms with Gasteiger partial charge in [0.15, 0.2) is 5.78 Å². The zero-order chi connectivity index (χ0) is 26.4. The monoisotopic (exact) mass is 522 g/mol. The summed E-state index contributed by atoms with van der Waals surface area (Å²) in [5.41, 5.74) is 7.09. The molecular weight excluding hydrogens is 488 g/mol. The van der Waals surface area contributed by atoms with E-state index < -0.39 is 0 Å². The standard InChI is InChI=1S/C25H35ClN4O6/c1-25(2,3)36-16-20(31)5-4-10-33-11-12-34-17-22(32)28-14-18-6-8-19(9-7-18)15-35-23-13-21(26)29-24(27)30-23/h6-9,13H,4-5,10-12,14-17H2,1-3H3,(H,28,32)(H2,27,29,30). The number of rotatable bonds is 16. The number of nitrogens with two attached hydrogens (primary N) is 1. The summed E-state index contributed by atoms with van der Waals surface area (Å²) in [6.07, 6.45) is 1.04. The molecule has 1 amide bonds. The van der Waals surface area contributed by atoms with Crippen LogP contribution in [0.2, 0.25) is 5.15 Å². The molecule has 0 aliphatic rings. The summed E-state index contributed by atoms with van der Waals surface area (Å²) in [4.78, 5) is 31.4. The third-order valence-electron chi connectivity index (χ3n) is 4.60. The molecule has 3 N–H and O–H groups in total. The van der Waals surface area contributed by atoms with Crippen LogP contribution in [0.4, 0.5) is 5.95 Å². The molecule has 198 valence electrons. The molecule has 1 heterocycles. The Bertz CT molecular complexity index is 946. The first kappa shape index (κ1) is 29.4. The maximum Gasteiger partial charge on any atom is 0.246 e. The van der Waals surface area contributed by atoms with Crippen LogP contribution in [0.3, 0.4) is 0 Å². The third kappa shape index (κ3) is 13.3. The summed E-state index contributed by atoms with van der Waals surface area (Å²) in [6.45, 7) is 7.59. The van der Waals surface area contributed by atoms with Gasteiger partial charge < -0.3 is 30.0 Å². The molecule has 0 unspecified atom stereocenters. The lowest BCUT2D eigenvalue weighted by molar-refractivity contribution is -0.129. The van der Waals surface area contributed by atoms with Gasteiger partial charge >= 0.3 is 0 Å². The Morgan fingerprint density at radius 1 is 1.00 bits per heavy atom. The second-order valence-corrected chi connectivity index (χ2v) is 9.36. The fourth-order valence-corrected chi connectivity index (χ4v) is 2.96. The quantitative estimate of drug-likeness (QED) is 0.252. The number of nitrogen functional groups attached to an aromatic ring is 1. The van der Waals surface area contributed by atoms with Gasteiger partial charge in [-0.2, -0.15) is 4.98 Å². The average Bonchev–Trinajstić information content (AvgIpc) is 2.81. The van der Waals surface area contributed by atoms with Crippen LogP contribution in [0.25, 0.3) is 0 Å². The highest BCUT2D eigenvalue weighted by Gasteiger charge is 2.12. The number of ether oxygens (including phenoxy) is 4. The first-order valence-corrected chi connectivity index (χ1v) is 12.1. The number of nitrogens with one attached hydrogen (secondary N) is 1. The van der Waals surface area contributed by atoms with Gasteiger partial charge in [0.1, 0.15) is 25.0 Å². The minimum absolute atomic E-state index is 0.0474. The van der Waals surface area contributed by atoms with Crippen molar-refractivity contribution in [3.05, 3.63) is 46.6 Å². The summed E-state index contributed by atoms with van der Waals surface area (Å²) in [6, 6.07) is 9.08. The molecule has 0 bridgehead atoms. The van der Waals surface area contributed by atoms with Crippen LogP contribution >= 0.6 is 11.6 Å². The number of anilines is 1. The highest BCUT2D eigenvalue weighted by molar-refractivity contribution is 6.29. The fraction of sp³-hybridized carbons (Fsp3) is 0.520. The Kier molecular flexibility index (Phi) is 12.6. The van der Waals surface area contributed by atoms with E-state index in [2.05, 4.69) is 15.3 Å². The van der Waals surface area contributed by atoms with Crippen LogP contribution in [0.5, 0.6) is 5.88 Å². The fourth-order valence-electron chi connectivity index (χ4n) is 2.78. The molecule has 1 aromatic heterocycles. The molecule has 10 nitrogen and oxygen atoms in total. The van der Waals surface area contributed by atoms with E-state index in [0.29, 0.717) is 45.1 Å². The van der Waals surface area contributed by atoms with Gasteiger partial charge in [0.05, 0.1) is 18.8 Å². The summed E-state index contributed by atoms with van der Waals surface area (Å²) in [7, 11) is 0. The molecular formula is C25H35ClN4O6. The molecule has 0 fully saturated rings. The lowest BCUT2D eigenvalue weighted by atomic mass is 10.1. The Morgan fingerprint density at radius 3 is 2.39 bits per heavy atom. The molecule has 0 aliphatic heterocycles. The Balaban J connectivity index is 1.51. The van der Waals surface area contributed by atoms with Crippen molar-refractivity contribution >= 4 is 29.2 Å². The molecule has 0 aliphatic carbocycles. The summed E-state index contributed by atoms with van der Waals surface area (Å²) in [5, 5.41) is 3.02. The number of amides is 1. The number of aromatic nitrogens is 2. The van der Waals surface area contributed by atoms with Gasteiger partial charge in [0.25, 0.3) is 0 Å². The van der Waals surface area contributed by atoms with Gasteiger partial charge in [-0.1, -0.05) is 35.9 Å². The topological polar surface area (TPSA) is 135 Å². The maximum atomic E-state index is 12.0. The van der Waals surface area contributed by atoms with E-state index in [1.807, 2.05) is 45.0 Å². The van der Waals surface area contributed by atoms with Crippen LogP contribution in [0, 0.1) is 0 Å². The van der Waals surface area contributed by atoms with Gasteiger partial charge in [-0.3, -0.25) is 9.59 Å². The van der Waals surface area contributed by atoms with Crippen LogP contribution in [-0.4, -0.2) is 60.3 Å². The van der Waals surface area contributed by atoms with Crippen molar-refractivity contribution in [2.45, 2.75) is 52.4 Å². The molecule has 36 heavy (non-hydrogen) atoms. The maximum absolute atomic E-state index is 12.0. The van der Waals surface area contributed by atoms with Gasteiger partial charge in [0.2, 0.25) is 17.7 Å². The molecule has 2 aromatic rings. The summed E-state index contributed by atoms with van der Waals surface area (Å²) >= 11 is 5.83. The van der Waals surface area contributed by atoms with E-state index in [0.717, 1.165) is 11.1 Å². The van der Waals surface area contributed by atoms with Crippen LogP contribution in [0.1, 0.15) is 44.7 Å². The number of ketones is 1. The lowest BCUT2D eigenvalue weighted by Gasteiger charge is -2.18. The number of hydrogen-bond acceptors (Lipinski definition) is 9. The van der Waals surface area contributed by atoms with E-state index in [9.17, 15) is 9.59 Å². The van der Waals surface area contributed by atoms with Crippen molar-refractivity contribution < 1.29 is 28.5 Å². The van der Waals surface area contributed by atoms with Crippen molar-refractivity contribution in [2.75, 3.05) is 38.8 Å². The Hall–Kier alpha value is -2.79. The summed E-state index contributed by atoms with van der Waals surface area (Å²) < 4.78 is 21.8. The zero-order valence-electron chi connectivity index (χ0n) is 21.0. The van der Waals surface area contributed by atoms with Gasteiger partial charge in [-0.15, -0.1) is 0 Å². The third-order valence-corrected chi connectivity index (χ3v) is 4.80. The number of carbonyl (C=O) groups excluding carboxylic acids is 2. The van der Waals surface area contributed by atoms with Crippen molar-refractivity contribution in [3.8, 4) is 5.88 Å². The number of halogens is 1. The predicted octanol–water partition coefficient (Wildman–Crippen LogP) is 3.11. The lowest BCUT2D eigenvalue weighted by Crippen LogP contribution is -2.27. The van der Waals surface area contributed by atoms with E-state index in [4.69, 9.17) is 36.3 Å². The molecule has 0 atom stereocenters. The molecule has 0 radical (unpaired) electrons. The predicted molar refractivity (Wildman–Crippen MR) is 136 cm³/mol. The van der Waals surface area contributed by atoms with Crippen molar-refractivity contribution in [2.24, 2.45) is 0 Å². The number of carbonyl (C=O) groups is 2. The second-order valence-electron chi connectivity index (χ2n) is 8.98. The highest BCUT2D eigenvalue weighted by atomic mass is 35.5. The largest absolute Gasteiger partial charge is 0.473 e. The van der Waals surface area contributed by atoms with Gasteiger partial charge in [-0.25, -0.2) is 4.98 Å². The Morgan fingerprint density at radius 2 is 1.69 bits per heavy atom. The second kappa shape index (κ2) is 15.4. The van der Waals surface area contributed by atoms with Crippen LogP contribution < -0.4 is 15.8 Å². The summed E-state index contributed by atoms with van der Waals surface area (Å²) in [5.74, 6) is 0.185. The smallest absolute Gasteiger partial charge is 0.246 e.